The van der Waals surface area contributed by atoms with Crippen LogP contribution in [0.3, 0.4) is 0 Å². The van der Waals surface area contributed by atoms with Crippen LogP contribution in [0.5, 0.6) is 5.75 Å². The molecule has 112 valence electrons. The molecule has 4 heteroatoms. The van der Waals surface area contributed by atoms with Gasteiger partial charge in [-0.2, -0.15) is 0 Å². The fourth-order valence-electron chi connectivity index (χ4n) is 2.99. The smallest absolute Gasteiger partial charge is 0.123 e. The molecule has 4 nitrogen and oxygen atoms in total. The first-order chi connectivity index (χ1) is 9.72. The first-order valence-corrected chi connectivity index (χ1v) is 7.33. The largest absolute Gasteiger partial charge is 0.496 e. The van der Waals surface area contributed by atoms with Crippen LogP contribution in [0.1, 0.15) is 24.8 Å². The third-order valence-electron chi connectivity index (χ3n) is 4.43. The molecule has 0 saturated carbocycles. The van der Waals surface area contributed by atoms with Crippen LogP contribution >= 0.6 is 0 Å². The van der Waals surface area contributed by atoms with Gasteiger partial charge in [-0.05, 0) is 32.4 Å². The highest BCUT2D eigenvalue weighted by Crippen LogP contribution is 2.29. The van der Waals surface area contributed by atoms with E-state index in [2.05, 4.69) is 24.1 Å². The summed E-state index contributed by atoms with van der Waals surface area (Å²) in [7, 11) is 3.88. The third kappa shape index (κ3) is 3.32. The van der Waals surface area contributed by atoms with Gasteiger partial charge in [0, 0.05) is 37.4 Å². The lowest BCUT2D eigenvalue weighted by Crippen LogP contribution is -2.51. The second-order valence-corrected chi connectivity index (χ2v) is 5.56. The monoisotopic (exact) mass is 278 g/mol. The van der Waals surface area contributed by atoms with Gasteiger partial charge in [-0.1, -0.05) is 18.2 Å². The zero-order valence-electron chi connectivity index (χ0n) is 12.6. The second kappa shape index (κ2) is 7.07. The topological polar surface area (TPSA) is 47.7 Å². The van der Waals surface area contributed by atoms with Gasteiger partial charge in [-0.3, -0.25) is 4.90 Å². The van der Waals surface area contributed by atoms with Gasteiger partial charge in [0.1, 0.15) is 5.75 Å². The average Bonchev–Trinajstić information content (AvgIpc) is 2.74. The number of rotatable bonds is 5. The fraction of sp³-hybridized carbons (Fsp3) is 0.625. The Morgan fingerprint density at radius 2 is 2.10 bits per heavy atom. The molecule has 2 rings (SSSR count). The molecule has 1 atom stereocenters. The normalized spacial score (nSPS) is 23.6. The Labute approximate surface area is 121 Å². The van der Waals surface area contributed by atoms with Crippen LogP contribution in [0.4, 0.5) is 0 Å². The van der Waals surface area contributed by atoms with E-state index in [4.69, 9.17) is 15.2 Å². The maximum atomic E-state index is 6.10. The molecule has 1 heterocycles. The van der Waals surface area contributed by atoms with Crippen molar-refractivity contribution in [3.8, 4) is 5.75 Å². The number of benzene rings is 1. The van der Waals surface area contributed by atoms with Gasteiger partial charge in [0.05, 0.1) is 7.11 Å². The van der Waals surface area contributed by atoms with Crippen molar-refractivity contribution >= 4 is 0 Å². The maximum Gasteiger partial charge on any atom is 0.123 e. The highest BCUT2D eigenvalue weighted by Gasteiger charge is 2.34. The first kappa shape index (κ1) is 15.3. The average molecular weight is 278 g/mol. The molecular weight excluding hydrogens is 252 g/mol. The van der Waals surface area contributed by atoms with E-state index >= 15 is 0 Å². The molecule has 0 bridgehead atoms. The molecule has 0 amide bonds. The van der Waals surface area contributed by atoms with Gasteiger partial charge in [0.15, 0.2) is 0 Å². The number of para-hydroxylation sites is 1. The van der Waals surface area contributed by atoms with Gasteiger partial charge in [-0.25, -0.2) is 0 Å². The van der Waals surface area contributed by atoms with Crippen LogP contribution in [0, 0.1) is 0 Å². The molecule has 1 aliphatic rings. The summed E-state index contributed by atoms with van der Waals surface area (Å²) in [6, 6.07) is 8.18. The Bertz CT molecular complexity index is 415. The summed E-state index contributed by atoms with van der Waals surface area (Å²) >= 11 is 0. The molecular formula is C16H26N2O2. The Balaban J connectivity index is 2.14. The summed E-state index contributed by atoms with van der Waals surface area (Å²) in [5.41, 5.74) is 7.35. The van der Waals surface area contributed by atoms with Crippen LogP contribution in [0.25, 0.3) is 0 Å². The molecule has 1 fully saturated rings. The molecule has 1 aromatic rings. The number of likely N-dealkylation sites (N-methyl/N-ethyl adjacent to an activating group) is 1. The van der Waals surface area contributed by atoms with E-state index in [0.29, 0.717) is 6.54 Å². The van der Waals surface area contributed by atoms with Crippen molar-refractivity contribution < 1.29 is 9.47 Å². The van der Waals surface area contributed by atoms with E-state index in [1.807, 2.05) is 12.1 Å². The SMILES string of the molecule is COc1ccccc1CN(C)C1(CN)CCCOCC1. The number of ether oxygens (including phenoxy) is 2. The second-order valence-electron chi connectivity index (χ2n) is 5.56. The lowest BCUT2D eigenvalue weighted by atomic mass is 9.88. The number of nitrogens with two attached hydrogens (primary N) is 1. The summed E-state index contributed by atoms with van der Waals surface area (Å²) in [5, 5.41) is 0. The van der Waals surface area contributed by atoms with Crippen molar-refractivity contribution in [1.29, 1.82) is 0 Å². The van der Waals surface area contributed by atoms with E-state index in [-0.39, 0.29) is 5.54 Å². The van der Waals surface area contributed by atoms with Crippen molar-refractivity contribution in [3.63, 3.8) is 0 Å². The minimum atomic E-state index is 0.0390. The van der Waals surface area contributed by atoms with Crippen LogP contribution in [0.2, 0.25) is 0 Å². The molecule has 0 spiro atoms. The molecule has 2 N–H and O–H groups in total. The highest BCUT2D eigenvalue weighted by atomic mass is 16.5. The Kier molecular flexibility index (Phi) is 5.40. The third-order valence-corrected chi connectivity index (χ3v) is 4.43. The summed E-state index contributed by atoms with van der Waals surface area (Å²) in [6.07, 6.45) is 3.16. The van der Waals surface area contributed by atoms with Crippen LogP contribution in [-0.2, 0) is 11.3 Å². The fourth-order valence-corrected chi connectivity index (χ4v) is 2.99. The lowest BCUT2D eigenvalue weighted by Gasteiger charge is -2.40. The first-order valence-electron chi connectivity index (χ1n) is 7.33. The van der Waals surface area contributed by atoms with Gasteiger partial charge in [0.2, 0.25) is 0 Å². The lowest BCUT2D eigenvalue weighted by molar-refractivity contribution is 0.0829. The standard InChI is InChI=1S/C16H26N2O2/c1-18(12-14-6-3-4-7-15(14)19-2)16(13-17)8-5-10-20-11-9-16/h3-4,6-7H,5,8-13,17H2,1-2H3. The zero-order chi connectivity index (χ0) is 14.4. The van der Waals surface area contributed by atoms with Gasteiger partial charge < -0.3 is 15.2 Å². The minimum Gasteiger partial charge on any atom is -0.496 e. The minimum absolute atomic E-state index is 0.0390. The number of hydrogen-bond donors (Lipinski definition) is 1. The molecule has 1 aliphatic heterocycles. The van der Waals surface area contributed by atoms with Crippen molar-refractivity contribution in [2.45, 2.75) is 31.3 Å². The van der Waals surface area contributed by atoms with Crippen molar-refractivity contribution in [2.24, 2.45) is 5.73 Å². The van der Waals surface area contributed by atoms with E-state index in [9.17, 15) is 0 Å². The molecule has 1 saturated heterocycles. The van der Waals surface area contributed by atoms with Crippen LogP contribution in [0.15, 0.2) is 24.3 Å². The van der Waals surface area contributed by atoms with E-state index in [0.717, 1.165) is 44.8 Å². The Hall–Kier alpha value is -1.10. The summed E-state index contributed by atoms with van der Waals surface area (Å²) < 4.78 is 11.0. The summed E-state index contributed by atoms with van der Waals surface area (Å²) in [6.45, 7) is 3.17. The number of methoxy groups -OCH3 is 1. The quantitative estimate of drug-likeness (QED) is 0.895. The predicted molar refractivity (Wildman–Crippen MR) is 80.9 cm³/mol. The Morgan fingerprint density at radius 1 is 1.30 bits per heavy atom. The zero-order valence-corrected chi connectivity index (χ0v) is 12.6. The molecule has 1 aromatic carbocycles. The van der Waals surface area contributed by atoms with Crippen molar-refractivity contribution in [3.05, 3.63) is 29.8 Å². The number of hydrogen-bond acceptors (Lipinski definition) is 4. The highest BCUT2D eigenvalue weighted by molar-refractivity contribution is 5.33. The molecule has 20 heavy (non-hydrogen) atoms. The van der Waals surface area contributed by atoms with Gasteiger partial charge in [0.25, 0.3) is 0 Å². The Morgan fingerprint density at radius 3 is 2.85 bits per heavy atom. The molecule has 0 radical (unpaired) electrons. The van der Waals surface area contributed by atoms with Crippen LogP contribution in [-0.4, -0.2) is 44.4 Å². The van der Waals surface area contributed by atoms with Gasteiger partial charge in [-0.15, -0.1) is 0 Å². The van der Waals surface area contributed by atoms with Crippen LogP contribution < -0.4 is 10.5 Å². The summed E-state index contributed by atoms with van der Waals surface area (Å²) in [4.78, 5) is 2.37. The number of nitrogens with zero attached hydrogens (tertiary/aromatic N) is 1. The molecule has 1 unspecified atom stereocenters. The van der Waals surface area contributed by atoms with Gasteiger partial charge >= 0.3 is 0 Å². The molecule has 0 aromatic heterocycles. The van der Waals surface area contributed by atoms with E-state index in [1.165, 1.54) is 5.56 Å². The van der Waals surface area contributed by atoms with Crippen molar-refractivity contribution in [2.75, 3.05) is 33.9 Å². The van der Waals surface area contributed by atoms with Crippen molar-refractivity contribution in [1.82, 2.24) is 4.90 Å². The maximum absolute atomic E-state index is 6.10. The predicted octanol–water partition coefficient (Wildman–Crippen LogP) is 2.02. The molecule has 0 aliphatic carbocycles. The van der Waals surface area contributed by atoms with E-state index < -0.39 is 0 Å². The summed E-state index contributed by atoms with van der Waals surface area (Å²) in [5.74, 6) is 0.941. The van der Waals surface area contributed by atoms with E-state index in [1.54, 1.807) is 7.11 Å².